The Labute approximate surface area is 474 Å². The van der Waals surface area contributed by atoms with Gasteiger partial charge in [0.25, 0.3) is 0 Å². The minimum absolute atomic E-state index is 0.0214. The van der Waals surface area contributed by atoms with E-state index in [4.69, 9.17) is 18.9 Å². The van der Waals surface area contributed by atoms with Gasteiger partial charge in [0, 0.05) is 13.0 Å². The molecule has 0 aromatic heterocycles. The molecule has 13 heteroatoms. The van der Waals surface area contributed by atoms with E-state index in [2.05, 4.69) is 140 Å². The van der Waals surface area contributed by atoms with Crippen molar-refractivity contribution in [1.82, 2.24) is 0 Å². The Hall–Kier alpha value is -3.50. The van der Waals surface area contributed by atoms with Gasteiger partial charge in [-0.15, -0.1) is 0 Å². The van der Waals surface area contributed by atoms with Crippen molar-refractivity contribution in [2.24, 2.45) is 0 Å². The lowest BCUT2D eigenvalue weighted by molar-refractivity contribution is -0.301. The summed E-state index contributed by atoms with van der Waals surface area (Å²) in [5.41, 5.74) is 0. The highest BCUT2D eigenvalue weighted by Gasteiger charge is 2.48. The second-order valence-electron chi connectivity index (χ2n) is 20.2. The average Bonchev–Trinajstić information content (AvgIpc) is 3.46. The van der Waals surface area contributed by atoms with Crippen molar-refractivity contribution in [2.75, 3.05) is 26.4 Å². The highest BCUT2D eigenvalue weighted by molar-refractivity contribution is 7.80. The fourth-order valence-corrected chi connectivity index (χ4v) is 9.12. The van der Waals surface area contributed by atoms with E-state index >= 15 is 0 Å². The standard InChI is InChI=1S/C65H108O12S/c1-3-5-7-9-11-13-15-17-19-21-23-25-27-29-31-33-35-37-39-41-43-45-47-49-51-53-55-73-57-59(58-74-65-63(69)64(77-78(70,71)72)62(68)60(56-66)76-65)75-61(67)54-52-50-48-46-44-42-40-38-36-34-32-30-28-26-24-22-20-18-16-14-12-10-8-6-4-2/h5-8,11-14,17-20,23-26,30,32,36,38,59-60,62-66,68-69H,3-4,9-10,15-16,21-22,27-29,31,33-35,37,39-58H2,1-2H3,(H,70,71,72)/b7-5-,8-6-,13-11-,14-12-,19-17-,20-18-,25-23-,26-24-,32-30-,38-36-. The summed E-state index contributed by atoms with van der Waals surface area (Å²) in [7, 11) is -5.08. The Balaban J connectivity index is 2.30. The Morgan fingerprint density at radius 1 is 0.487 bits per heavy atom. The van der Waals surface area contributed by atoms with E-state index in [9.17, 15) is 33.1 Å². The first-order valence-corrected chi connectivity index (χ1v) is 31.7. The summed E-state index contributed by atoms with van der Waals surface area (Å²) in [6.07, 6.45) is 69.4. The van der Waals surface area contributed by atoms with Crippen LogP contribution in [0.25, 0.3) is 0 Å². The van der Waals surface area contributed by atoms with Crippen molar-refractivity contribution in [3.63, 3.8) is 0 Å². The Morgan fingerprint density at radius 3 is 1.23 bits per heavy atom. The molecular weight excluding hydrogens is 1000 g/mol. The molecule has 0 aromatic rings. The highest BCUT2D eigenvalue weighted by Crippen LogP contribution is 2.26. The first-order chi connectivity index (χ1) is 38.1. The van der Waals surface area contributed by atoms with Crippen molar-refractivity contribution in [3.8, 4) is 0 Å². The summed E-state index contributed by atoms with van der Waals surface area (Å²) in [4.78, 5) is 13.0. The lowest BCUT2D eigenvalue weighted by Gasteiger charge is -2.41. The SMILES string of the molecule is CC/C=C\C/C=C\C/C=C\C/C=C\C/C=C\C/C=C\CCCCCCCCC(=O)OC(COCCCCCCCCCCCCCCC/C=C\C/C=C\C/C=C\C/C=C\CC)COC1OC(CO)C(O)C(OS(=O)(=O)O)C1O. The normalized spacial score (nSPS) is 19.3. The predicted octanol–water partition coefficient (Wildman–Crippen LogP) is 15.6. The first kappa shape index (κ1) is 72.5. The van der Waals surface area contributed by atoms with Gasteiger partial charge in [0.15, 0.2) is 6.29 Å². The maximum Gasteiger partial charge on any atom is 0.397 e. The fourth-order valence-electron chi connectivity index (χ4n) is 8.61. The van der Waals surface area contributed by atoms with E-state index in [1.807, 2.05) is 0 Å². The molecule has 12 nitrogen and oxygen atoms in total. The summed E-state index contributed by atoms with van der Waals surface area (Å²) in [5, 5.41) is 30.9. The van der Waals surface area contributed by atoms with Gasteiger partial charge >= 0.3 is 16.4 Å². The van der Waals surface area contributed by atoms with Crippen LogP contribution in [-0.2, 0) is 38.3 Å². The van der Waals surface area contributed by atoms with Gasteiger partial charge in [0.05, 0.1) is 19.8 Å². The van der Waals surface area contributed by atoms with Gasteiger partial charge in [-0.25, -0.2) is 4.18 Å². The van der Waals surface area contributed by atoms with Crippen LogP contribution in [0.1, 0.15) is 219 Å². The van der Waals surface area contributed by atoms with Gasteiger partial charge in [-0.1, -0.05) is 232 Å². The first-order valence-electron chi connectivity index (χ1n) is 30.3. The zero-order valence-corrected chi connectivity index (χ0v) is 49.2. The Morgan fingerprint density at radius 2 is 0.846 bits per heavy atom. The number of esters is 1. The molecule has 0 saturated carbocycles. The molecule has 1 heterocycles. The Bertz CT molecular complexity index is 1810. The van der Waals surface area contributed by atoms with E-state index in [0.29, 0.717) is 13.0 Å². The molecule has 0 aromatic carbocycles. The summed E-state index contributed by atoms with van der Waals surface area (Å²) in [5.74, 6) is -0.417. The number of hydrogen-bond acceptors (Lipinski definition) is 11. The maximum atomic E-state index is 13.0. The molecule has 1 saturated heterocycles. The van der Waals surface area contributed by atoms with Crippen LogP contribution >= 0.6 is 0 Å². The zero-order valence-electron chi connectivity index (χ0n) is 48.4. The van der Waals surface area contributed by atoms with Crippen molar-refractivity contribution in [1.29, 1.82) is 0 Å². The van der Waals surface area contributed by atoms with Crippen molar-refractivity contribution in [3.05, 3.63) is 122 Å². The second kappa shape index (κ2) is 54.1. The summed E-state index contributed by atoms with van der Waals surface area (Å²) >= 11 is 0. The largest absolute Gasteiger partial charge is 0.457 e. The van der Waals surface area contributed by atoms with Gasteiger partial charge in [0.1, 0.15) is 30.5 Å². The monoisotopic (exact) mass is 1110 g/mol. The van der Waals surface area contributed by atoms with E-state index in [0.717, 1.165) is 122 Å². The Kier molecular flexibility index (Phi) is 50.3. The smallest absolute Gasteiger partial charge is 0.397 e. The molecule has 1 aliphatic rings. The van der Waals surface area contributed by atoms with E-state index in [-0.39, 0.29) is 19.6 Å². The van der Waals surface area contributed by atoms with Gasteiger partial charge in [0.2, 0.25) is 0 Å². The molecule has 6 unspecified atom stereocenters. The number of carbonyl (C=O) groups is 1. The molecular formula is C65H108O12S. The van der Waals surface area contributed by atoms with E-state index in [1.54, 1.807) is 0 Å². The summed E-state index contributed by atoms with van der Waals surface area (Å²) in [6.45, 7) is 3.75. The van der Waals surface area contributed by atoms with Crippen molar-refractivity contribution in [2.45, 2.75) is 256 Å². The van der Waals surface area contributed by atoms with Gasteiger partial charge in [-0.05, 0) is 103 Å². The van der Waals surface area contributed by atoms with Crippen LogP contribution in [0.5, 0.6) is 0 Å². The lowest BCUT2D eigenvalue weighted by Crippen LogP contribution is -2.60. The molecule has 0 amide bonds. The molecule has 1 fully saturated rings. The van der Waals surface area contributed by atoms with Crippen molar-refractivity contribution < 1.29 is 56.2 Å². The number of hydrogen-bond donors (Lipinski definition) is 4. The predicted molar refractivity (Wildman–Crippen MR) is 321 cm³/mol. The maximum absolute atomic E-state index is 13.0. The number of aliphatic hydroxyl groups is 3. The lowest BCUT2D eigenvalue weighted by atomic mass is 9.99. The second-order valence-corrected chi connectivity index (χ2v) is 21.2. The molecule has 0 bridgehead atoms. The number of ether oxygens (including phenoxy) is 4. The van der Waals surface area contributed by atoms with E-state index in [1.165, 1.54) is 70.6 Å². The third kappa shape index (κ3) is 46.3. The van der Waals surface area contributed by atoms with Crippen LogP contribution in [0.2, 0.25) is 0 Å². The quantitative estimate of drug-likeness (QED) is 0.0196. The van der Waals surface area contributed by atoms with Crippen LogP contribution in [0.15, 0.2) is 122 Å². The number of aliphatic hydroxyl groups excluding tert-OH is 3. The number of carbonyl (C=O) groups excluding carboxylic acids is 1. The molecule has 446 valence electrons. The van der Waals surface area contributed by atoms with E-state index < -0.39 is 59.8 Å². The molecule has 6 atom stereocenters. The number of unbranched alkanes of at least 4 members (excludes halogenated alkanes) is 19. The number of allylic oxidation sites excluding steroid dienone is 20. The van der Waals surface area contributed by atoms with Gasteiger partial charge in [-0.3, -0.25) is 9.35 Å². The average molecular weight is 1110 g/mol. The summed E-state index contributed by atoms with van der Waals surface area (Å²) < 4.78 is 59.5. The van der Waals surface area contributed by atoms with Crippen LogP contribution in [0, 0.1) is 0 Å². The van der Waals surface area contributed by atoms with Gasteiger partial charge in [-0.2, -0.15) is 8.42 Å². The minimum Gasteiger partial charge on any atom is -0.457 e. The molecule has 0 spiro atoms. The molecule has 0 aliphatic carbocycles. The van der Waals surface area contributed by atoms with Crippen LogP contribution in [0.4, 0.5) is 0 Å². The fraction of sp³-hybridized carbons (Fsp3) is 0.677. The summed E-state index contributed by atoms with van der Waals surface area (Å²) in [6, 6.07) is 0. The zero-order chi connectivity index (χ0) is 56.7. The van der Waals surface area contributed by atoms with Gasteiger partial charge < -0.3 is 34.3 Å². The third-order valence-electron chi connectivity index (χ3n) is 13.1. The highest BCUT2D eigenvalue weighted by atomic mass is 32.3. The van der Waals surface area contributed by atoms with Crippen LogP contribution in [0.3, 0.4) is 0 Å². The third-order valence-corrected chi connectivity index (χ3v) is 13.5. The number of rotatable bonds is 52. The molecule has 1 aliphatic heterocycles. The van der Waals surface area contributed by atoms with Crippen LogP contribution < -0.4 is 0 Å². The molecule has 78 heavy (non-hydrogen) atoms. The van der Waals surface area contributed by atoms with Crippen LogP contribution in [-0.4, -0.2) is 97.5 Å². The molecule has 0 radical (unpaired) electrons. The molecule has 1 rings (SSSR count). The van der Waals surface area contributed by atoms with Crippen molar-refractivity contribution >= 4 is 16.4 Å². The topological polar surface area (TPSA) is 178 Å². The minimum atomic E-state index is -5.08. The molecule has 4 N–H and O–H groups in total.